The number of hydrogen-bond acceptors (Lipinski definition) is 7. The molecule has 2 aromatic heterocycles. The summed E-state index contributed by atoms with van der Waals surface area (Å²) in [6.45, 7) is 6.29. The van der Waals surface area contributed by atoms with E-state index in [9.17, 15) is 14.9 Å². The van der Waals surface area contributed by atoms with Crippen LogP contribution in [-0.2, 0) is 10.3 Å². The molecule has 0 aromatic carbocycles. The van der Waals surface area contributed by atoms with E-state index in [1.54, 1.807) is 40.3 Å². The predicted octanol–water partition coefficient (Wildman–Crippen LogP) is 2.76. The minimum Gasteiger partial charge on any atom is -0.444 e. The lowest BCUT2D eigenvalue weighted by molar-refractivity contribution is 0.0105. The fourth-order valence-corrected chi connectivity index (χ4v) is 3.53. The zero-order valence-corrected chi connectivity index (χ0v) is 18.0. The fourth-order valence-electron chi connectivity index (χ4n) is 3.53. The zero-order chi connectivity index (χ0) is 22.6. The normalized spacial score (nSPS) is 15.7. The Hall–Kier alpha value is -3.61. The third-order valence-corrected chi connectivity index (χ3v) is 5.16. The Kier molecular flexibility index (Phi) is 6.15. The van der Waals surface area contributed by atoms with Gasteiger partial charge in [0.15, 0.2) is 5.82 Å². The Morgan fingerprint density at radius 3 is 2.48 bits per heavy atom. The first-order chi connectivity index (χ1) is 14.6. The molecular formula is C21H27N7O3. The van der Waals surface area contributed by atoms with Gasteiger partial charge >= 0.3 is 6.09 Å². The summed E-state index contributed by atoms with van der Waals surface area (Å²) in [4.78, 5) is 30.0. The predicted molar refractivity (Wildman–Crippen MR) is 114 cm³/mol. The van der Waals surface area contributed by atoms with Crippen molar-refractivity contribution in [3.05, 3.63) is 36.3 Å². The molecule has 1 aliphatic rings. The number of nitriles is 1. The summed E-state index contributed by atoms with van der Waals surface area (Å²) in [6, 6.07) is 5.71. The standard InChI is InChI=1S/C21H27N7O3/c1-20(2,3)31-19(30)27-12-7-21(6-9-22,8-13-27)28-14-16(17(23)29)18(26-28)25-15-4-10-24-11-5-15/h4-5,10-11,14H,6-8,12-13H2,1-3H3,(H2,23,29)(H,24,25,26). The Labute approximate surface area is 181 Å². The zero-order valence-electron chi connectivity index (χ0n) is 18.0. The minimum atomic E-state index is -0.657. The molecule has 10 nitrogen and oxygen atoms in total. The van der Waals surface area contributed by atoms with Crippen LogP contribution in [0.25, 0.3) is 0 Å². The van der Waals surface area contributed by atoms with Crippen molar-refractivity contribution in [3.8, 4) is 6.07 Å². The van der Waals surface area contributed by atoms with Gasteiger partial charge in [0, 0.05) is 37.4 Å². The molecule has 0 radical (unpaired) electrons. The molecule has 0 spiro atoms. The molecule has 164 valence electrons. The number of nitrogens with zero attached hydrogens (tertiary/aromatic N) is 5. The number of likely N-dealkylation sites (tertiary alicyclic amines) is 1. The number of anilines is 2. The van der Waals surface area contributed by atoms with Gasteiger partial charge in [0.25, 0.3) is 5.91 Å². The molecule has 0 saturated carbocycles. The van der Waals surface area contributed by atoms with Crippen molar-refractivity contribution in [2.24, 2.45) is 5.73 Å². The van der Waals surface area contributed by atoms with Crippen LogP contribution in [0.1, 0.15) is 50.4 Å². The largest absolute Gasteiger partial charge is 0.444 e. The number of nitrogens with one attached hydrogen (secondary N) is 1. The molecule has 1 aliphatic heterocycles. The van der Waals surface area contributed by atoms with Gasteiger partial charge in [-0.05, 0) is 45.7 Å². The number of carbonyl (C=O) groups excluding carboxylic acids is 2. The number of hydrogen-bond donors (Lipinski definition) is 2. The van der Waals surface area contributed by atoms with Crippen LogP contribution in [0.15, 0.2) is 30.7 Å². The van der Waals surface area contributed by atoms with Crippen LogP contribution in [0.5, 0.6) is 0 Å². The Balaban J connectivity index is 1.85. The molecule has 0 bridgehead atoms. The molecule has 3 heterocycles. The van der Waals surface area contributed by atoms with E-state index >= 15 is 0 Å². The van der Waals surface area contributed by atoms with Gasteiger partial charge in [0.2, 0.25) is 0 Å². The molecule has 1 saturated heterocycles. The molecule has 2 aromatic rings. The molecule has 3 rings (SSSR count). The lowest BCUT2D eigenvalue weighted by atomic mass is 9.85. The number of rotatable bonds is 5. The topological polar surface area (TPSA) is 139 Å². The molecule has 0 atom stereocenters. The quantitative estimate of drug-likeness (QED) is 0.751. The highest BCUT2D eigenvalue weighted by Crippen LogP contribution is 2.35. The number of carbonyl (C=O) groups is 2. The Morgan fingerprint density at radius 1 is 1.29 bits per heavy atom. The van der Waals surface area contributed by atoms with Crippen LogP contribution >= 0.6 is 0 Å². The summed E-state index contributed by atoms with van der Waals surface area (Å²) in [5, 5.41) is 17.1. The monoisotopic (exact) mass is 425 g/mol. The van der Waals surface area contributed by atoms with E-state index in [1.807, 2.05) is 20.8 Å². The van der Waals surface area contributed by atoms with E-state index in [0.717, 1.165) is 0 Å². The van der Waals surface area contributed by atoms with Crippen molar-refractivity contribution in [2.75, 3.05) is 18.4 Å². The minimum absolute atomic E-state index is 0.184. The molecule has 10 heteroatoms. The van der Waals surface area contributed by atoms with Crippen LogP contribution < -0.4 is 11.1 Å². The van der Waals surface area contributed by atoms with E-state index in [-0.39, 0.29) is 18.1 Å². The SMILES string of the molecule is CC(C)(C)OC(=O)N1CCC(CC#N)(n2cc(C(N)=O)c(Nc3ccncc3)n2)CC1. The van der Waals surface area contributed by atoms with Crippen molar-refractivity contribution in [1.82, 2.24) is 19.7 Å². The summed E-state index contributed by atoms with van der Waals surface area (Å²) >= 11 is 0. The highest BCUT2D eigenvalue weighted by molar-refractivity contribution is 5.98. The van der Waals surface area contributed by atoms with E-state index in [4.69, 9.17) is 10.5 Å². The average molecular weight is 425 g/mol. The van der Waals surface area contributed by atoms with Gasteiger partial charge in [-0.2, -0.15) is 10.4 Å². The maximum atomic E-state index is 12.4. The summed E-state index contributed by atoms with van der Waals surface area (Å²) in [6.07, 6.45) is 5.61. The van der Waals surface area contributed by atoms with Gasteiger partial charge in [0.05, 0.1) is 18.0 Å². The van der Waals surface area contributed by atoms with E-state index in [1.165, 1.54) is 0 Å². The van der Waals surface area contributed by atoms with Gasteiger partial charge in [-0.25, -0.2) is 4.79 Å². The number of piperidine rings is 1. The van der Waals surface area contributed by atoms with Crippen LogP contribution in [0.2, 0.25) is 0 Å². The van der Waals surface area contributed by atoms with E-state index in [0.29, 0.717) is 37.4 Å². The summed E-state index contributed by atoms with van der Waals surface area (Å²) in [5.74, 6) is -0.313. The molecule has 1 fully saturated rings. The number of amides is 2. The third kappa shape index (κ3) is 5.12. The lowest BCUT2D eigenvalue weighted by Gasteiger charge is -2.40. The van der Waals surface area contributed by atoms with Crippen molar-refractivity contribution in [2.45, 2.75) is 51.2 Å². The Morgan fingerprint density at radius 2 is 1.94 bits per heavy atom. The maximum absolute atomic E-state index is 12.4. The second-order valence-electron chi connectivity index (χ2n) is 8.59. The molecule has 2 amide bonds. The number of primary amides is 1. The first-order valence-electron chi connectivity index (χ1n) is 10.1. The molecule has 3 N–H and O–H groups in total. The van der Waals surface area contributed by atoms with Crippen LogP contribution in [0.4, 0.5) is 16.3 Å². The van der Waals surface area contributed by atoms with Gasteiger partial charge < -0.3 is 20.7 Å². The van der Waals surface area contributed by atoms with E-state index < -0.39 is 17.0 Å². The fraction of sp³-hybridized carbons (Fsp3) is 0.476. The molecule has 0 unspecified atom stereocenters. The lowest BCUT2D eigenvalue weighted by Crippen LogP contribution is -2.49. The molecular weight excluding hydrogens is 398 g/mol. The molecule has 31 heavy (non-hydrogen) atoms. The first kappa shape index (κ1) is 22.1. The first-order valence-corrected chi connectivity index (χ1v) is 10.1. The van der Waals surface area contributed by atoms with Gasteiger partial charge in [-0.1, -0.05) is 0 Å². The summed E-state index contributed by atoms with van der Waals surface area (Å²) in [5.41, 5.74) is 5.26. The van der Waals surface area contributed by atoms with Gasteiger partial charge in [-0.15, -0.1) is 0 Å². The maximum Gasteiger partial charge on any atom is 0.410 e. The smallest absolute Gasteiger partial charge is 0.410 e. The average Bonchev–Trinajstić information content (AvgIpc) is 3.13. The highest BCUT2D eigenvalue weighted by atomic mass is 16.6. The van der Waals surface area contributed by atoms with Gasteiger partial charge in [-0.3, -0.25) is 14.5 Å². The van der Waals surface area contributed by atoms with Crippen molar-refractivity contribution in [1.29, 1.82) is 5.26 Å². The molecule has 0 aliphatic carbocycles. The second-order valence-corrected chi connectivity index (χ2v) is 8.59. The number of nitrogens with two attached hydrogens (primary N) is 1. The van der Waals surface area contributed by atoms with Crippen molar-refractivity contribution in [3.63, 3.8) is 0 Å². The third-order valence-electron chi connectivity index (χ3n) is 5.16. The second kappa shape index (κ2) is 8.63. The van der Waals surface area contributed by atoms with Gasteiger partial charge in [0.1, 0.15) is 11.2 Å². The number of ether oxygens (including phenoxy) is 1. The Bertz CT molecular complexity index is 981. The number of aromatic nitrogens is 3. The van der Waals surface area contributed by atoms with Crippen LogP contribution in [-0.4, -0.2) is 50.4 Å². The van der Waals surface area contributed by atoms with Crippen molar-refractivity contribution >= 4 is 23.5 Å². The number of pyridine rings is 1. The van der Waals surface area contributed by atoms with Crippen molar-refractivity contribution < 1.29 is 14.3 Å². The summed E-state index contributed by atoms with van der Waals surface area (Å²) in [7, 11) is 0. The summed E-state index contributed by atoms with van der Waals surface area (Å²) < 4.78 is 7.10. The highest BCUT2D eigenvalue weighted by Gasteiger charge is 2.40. The van der Waals surface area contributed by atoms with Crippen LogP contribution in [0.3, 0.4) is 0 Å². The van der Waals surface area contributed by atoms with Crippen LogP contribution in [0, 0.1) is 11.3 Å². The van der Waals surface area contributed by atoms with E-state index in [2.05, 4.69) is 21.5 Å².